The van der Waals surface area contributed by atoms with Crippen molar-refractivity contribution in [3.05, 3.63) is 94.9 Å². The molecule has 1 aliphatic rings. The molecule has 8 heteroatoms. The summed E-state index contributed by atoms with van der Waals surface area (Å²) in [7, 11) is 1.54. The zero-order valence-electron chi connectivity index (χ0n) is 21.3. The molecule has 0 aliphatic carbocycles. The summed E-state index contributed by atoms with van der Waals surface area (Å²) < 4.78 is 8.13. The minimum atomic E-state index is -0.583. The topological polar surface area (TPSA) is 91.4 Å². The second kappa shape index (κ2) is 9.05. The zero-order chi connectivity index (χ0) is 26.4. The number of nitrogens with zero attached hydrogens (tertiary/aromatic N) is 4. The van der Waals surface area contributed by atoms with Crippen molar-refractivity contribution in [2.75, 3.05) is 12.0 Å². The first-order chi connectivity index (χ1) is 17.7. The highest BCUT2D eigenvalue weighted by Crippen LogP contribution is 2.39. The predicted molar refractivity (Wildman–Crippen MR) is 137 cm³/mol. The van der Waals surface area contributed by atoms with Crippen molar-refractivity contribution < 1.29 is 24.0 Å². The maximum atomic E-state index is 13.9. The van der Waals surface area contributed by atoms with E-state index in [2.05, 4.69) is 5.10 Å². The molecule has 0 atom stereocenters. The lowest BCUT2D eigenvalue weighted by atomic mass is 10.0. The summed E-state index contributed by atoms with van der Waals surface area (Å²) in [5, 5.41) is 18.3. The van der Waals surface area contributed by atoms with Crippen molar-refractivity contribution in [3.8, 4) is 17.3 Å². The van der Waals surface area contributed by atoms with Gasteiger partial charge in [-0.3, -0.25) is 9.59 Å². The third-order valence-corrected chi connectivity index (χ3v) is 6.67. The van der Waals surface area contributed by atoms with E-state index in [0.29, 0.717) is 22.8 Å². The zero-order valence-corrected chi connectivity index (χ0v) is 21.3. The van der Waals surface area contributed by atoms with Crippen LogP contribution in [0.1, 0.15) is 27.9 Å². The van der Waals surface area contributed by atoms with Crippen LogP contribution in [-0.2, 0) is 9.59 Å². The van der Waals surface area contributed by atoms with Gasteiger partial charge >= 0.3 is 5.91 Å². The Hall–Kier alpha value is -4.72. The van der Waals surface area contributed by atoms with Crippen LogP contribution in [0, 0.1) is 27.7 Å². The van der Waals surface area contributed by atoms with Gasteiger partial charge in [0.15, 0.2) is 12.4 Å². The Balaban J connectivity index is 1.74. The van der Waals surface area contributed by atoms with Crippen LogP contribution in [0.3, 0.4) is 0 Å². The van der Waals surface area contributed by atoms with E-state index in [0.717, 1.165) is 21.6 Å². The molecule has 0 saturated carbocycles. The molecule has 2 amide bonds. The van der Waals surface area contributed by atoms with Gasteiger partial charge in [-0.25, -0.2) is 9.58 Å². The van der Waals surface area contributed by atoms with Crippen molar-refractivity contribution in [3.63, 3.8) is 0 Å². The van der Waals surface area contributed by atoms with Crippen molar-refractivity contribution in [2.24, 2.45) is 0 Å². The minimum Gasteiger partial charge on any atom is -0.858 e. The molecule has 0 fully saturated rings. The lowest BCUT2D eigenvalue weighted by Crippen LogP contribution is -2.39. The predicted octanol–water partition coefficient (Wildman–Crippen LogP) is 3.42. The molecule has 3 heterocycles. The van der Waals surface area contributed by atoms with Crippen LogP contribution in [0.25, 0.3) is 17.0 Å². The second-order valence-electron chi connectivity index (χ2n) is 9.05. The number of imide groups is 1. The molecule has 5 rings (SSSR count). The molecule has 0 radical (unpaired) electrons. The number of benzene rings is 2. The lowest BCUT2D eigenvalue weighted by molar-refractivity contribution is -0.577. The van der Waals surface area contributed by atoms with E-state index in [4.69, 9.17) is 4.74 Å². The van der Waals surface area contributed by atoms with E-state index >= 15 is 0 Å². The van der Waals surface area contributed by atoms with E-state index in [1.165, 1.54) is 4.68 Å². The summed E-state index contributed by atoms with van der Waals surface area (Å²) in [6.45, 7) is 7.45. The monoisotopic (exact) mass is 494 g/mol. The number of aryl methyl sites for hydroxylation is 3. The molecule has 8 nitrogen and oxygen atoms in total. The van der Waals surface area contributed by atoms with Crippen LogP contribution >= 0.6 is 0 Å². The van der Waals surface area contributed by atoms with E-state index in [1.54, 1.807) is 61.3 Å². The number of hydrogen-bond acceptors (Lipinski definition) is 5. The fourth-order valence-corrected chi connectivity index (χ4v) is 4.60. The largest absolute Gasteiger partial charge is 0.858 e. The molecule has 0 bridgehead atoms. The van der Waals surface area contributed by atoms with Gasteiger partial charge in [-0.1, -0.05) is 12.1 Å². The van der Waals surface area contributed by atoms with E-state index < -0.39 is 17.7 Å². The fraction of sp³-hybridized carbons (Fsp3) is 0.172. The molecule has 0 N–H and O–H groups in total. The van der Waals surface area contributed by atoms with E-state index in [-0.39, 0.29) is 16.8 Å². The van der Waals surface area contributed by atoms with Crippen molar-refractivity contribution in [1.29, 1.82) is 0 Å². The first kappa shape index (κ1) is 24.0. The molecule has 0 unspecified atom stereocenters. The van der Waals surface area contributed by atoms with Crippen LogP contribution < -0.4 is 19.3 Å². The van der Waals surface area contributed by atoms with Gasteiger partial charge in [0.2, 0.25) is 0 Å². The summed E-state index contributed by atoms with van der Waals surface area (Å²) in [6.07, 6.45) is 3.45. The second-order valence-corrected chi connectivity index (χ2v) is 9.05. The maximum absolute atomic E-state index is 13.9. The molecule has 2 aromatic carbocycles. The van der Waals surface area contributed by atoms with E-state index in [9.17, 15) is 14.7 Å². The van der Waals surface area contributed by atoms with Crippen molar-refractivity contribution in [1.82, 2.24) is 9.78 Å². The van der Waals surface area contributed by atoms with Gasteiger partial charge in [0.05, 0.1) is 24.2 Å². The Morgan fingerprint density at radius 3 is 2.32 bits per heavy atom. The van der Waals surface area contributed by atoms with Crippen LogP contribution in [0.5, 0.6) is 11.6 Å². The number of amides is 2. The van der Waals surface area contributed by atoms with Crippen molar-refractivity contribution in [2.45, 2.75) is 27.7 Å². The number of ether oxygens (including phenoxy) is 1. The number of pyridine rings is 1. The summed E-state index contributed by atoms with van der Waals surface area (Å²) in [4.78, 5) is 28.9. The summed E-state index contributed by atoms with van der Waals surface area (Å²) in [6, 6.07) is 15.9. The van der Waals surface area contributed by atoms with Gasteiger partial charge in [-0.15, -0.1) is 0 Å². The number of carbonyl (C=O) groups is 2. The fourth-order valence-electron chi connectivity index (χ4n) is 4.60. The van der Waals surface area contributed by atoms with Gasteiger partial charge in [-0.2, -0.15) is 9.67 Å². The van der Waals surface area contributed by atoms with Gasteiger partial charge in [0, 0.05) is 17.2 Å². The molecule has 0 spiro atoms. The minimum absolute atomic E-state index is 0.0236. The summed E-state index contributed by atoms with van der Waals surface area (Å²) >= 11 is 0. The Labute approximate surface area is 214 Å². The van der Waals surface area contributed by atoms with Gasteiger partial charge in [-0.05, 0) is 81.1 Å². The normalized spacial score (nSPS) is 13.6. The van der Waals surface area contributed by atoms with Crippen LogP contribution in [-0.4, -0.2) is 28.7 Å². The Bertz CT molecular complexity index is 1600. The molecular weight excluding hydrogens is 468 g/mol. The van der Waals surface area contributed by atoms with Gasteiger partial charge in [0.1, 0.15) is 11.3 Å². The van der Waals surface area contributed by atoms with Crippen LogP contribution in [0.15, 0.2) is 67.0 Å². The Morgan fingerprint density at radius 1 is 0.919 bits per heavy atom. The molecule has 186 valence electrons. The molecule has 0 saturated heterocycles. The number of hydrogen-bond donors (Lipinski definition) is 0. The molecule has 1 aliphatic heterocycles. The number of methoxy groups -OCH3 is 1. The van der Waals surface area contributed by atoms with E-state index in [1.807, 2.05) is 45.0 Å². The number of anilines is 1. The highest BCUT2D eigenvalue weighted by molar-refractivity contribution is 6.53. The van der Waals surface area contributed by atoms with Gasteiger partial charge < -0.3 is 9.84 Å². The summed E-state index contributed by atoms with van der Waals surface area (Å²) in [5.41, 5.74) is 4.42. The molecule has 2 aromatic heterocycles. The average molecular weight is 495 g/mol. The average Bonchev–Trinajstić information content (AvgIpc) is 3.31. The SMILES string of the molecule is COc1ccc(N2C(=O)C(c3c(C)nn(-c4cccc(C)c4C)c3[O-])=C([n+]3cccc(C)c3)C2=O)cc1. The molecule has 4 aromatic rings. The number of carbonyl (C=O) groups excluding carboxylic acids is 2. The third kappa shape index (κ3) is 3.87. The molecule has 37 heavy (non-hydrogen) atoms. The third-order valence-electron chi connectivity index (χ3n) is 6.67. The number of rotatable bonds is 5. The highest BCUT2D eigenvalue weighted by Gasteiger charge is 2.47. The Kier molecular flexibility index (Phi) is 5.87. The maximum Gasteiger partial charge on any atom is 0.331 e. The van der Waals surface area contributed by atoms with Crippen molar-refractivity contribution >= 4 is 28.8 Å². The lowest BCUT2D eigenvalue weighted by Gasteiger charge is -2.17. The number of aromatic nitrogens is 3. The van der Waals surface area contributed by atoms with Crippen LogP contribution in [0.2, 0.25) is 0 Å². The van der Waals surface area contributed by atoms with Crippen LogP contribution in [0.4, 0.5) is 5.69 Å². The first-order valence-electron chi connectivity index (χ1n) is 11.8. The summed E-state index contributed by atoms with van der Waals surface area (Å²) in [5.74, 6) is -0.972. The molecular formula is C29H26N4O4. The smallest absolute Gasteiger partial charge is 0.331 e. The highest BCUT2D eigenvalue weighted by atomic mass is 16.5. The Morgan fingerprint density at radius 2 is 1.65 bits per heavy atom. The standard InChI is InChI=1S/C29H26N4O4/c1-17-8-7-15-31(16-17)26-25(27(34)32(29(26)36)21-11-13-22(37-5)14-12-21)24-20(4)30-33(28(24)35)23-10-6-9-18(2)19(23)3/h6-16H,1-5H3. The first-order valence-corrected chi connectivity index (χ1v) is 11.8. The van der Waals surface area contributed by atoms with Gasteiger partial charge in [0.25, 0.3) is 11.6 Å². The quantitative estimate of drug-likeness (QED) is 0.313.